The number of benzene rings is 2. The van der Waals surface area contributed by atoms with Crippen LogP contribution in [0.1, 0.15) is 0 Å². The van der Waals surface area contributed by atoms with E-state index in [4.69, 9.17) is 19.8 Å². The number of nitrogens with two attached hydrogens (primary N) is 2. The van der Waals surface area contributed by atoms with Crippen LogP contribution in [0, 0.1) is 0 Å². The molecular formula is C13H14N2O2S. The van der Waals surface area contributed by atoms with Gasteiger partial charge in [-0.15, -0.1) is 10.6 Å². The number of nitrogen functional groups attached to an aromatic ring is 2. The van der Waals surface area contributed by atoms with E-state index in [1.165, 1.54) is 0 Å². The van der Waals surface area contributed by atoms with Gasteiger partial charge in [0.25, 0.3) is 0 Å². The molecule has 4 N–H and O–H groups in total. The van der Waals surface area contributed by atoms with Crippen molar-refractivity contribution >= 4 is 22.0 Å². The molecule has 0 saturated carbocycles. The summed E-state index contributed by atoms with van der Waals surface area (Å²) in [4.78, 5) is 1.92. The maximum Gasteiger partial charge on any atom is 0.195 e. The minimum Gasteiger partial charge on any atom is -0.399 e. The normalized spacial score (nSPS) is 18.9. The summed E-state index contributed by atoms with van der Waals surface area (Å²) in [6.45, 7) is 0.304. The van der Waals surface area contributed by atoms with Crippen molar-refractivity contribution in [3.8, 4) is 0 Å². The first-order chi connectivity index (χ1) is 8.71. The Bertz CT molecular complexity index is 537. The molecule has 0 aliphatic carbocycles. The Kier molecular flexibility index (Phi) is 2.66. The van der Waals surface area contributed by atoms with Crippen LogP contribution in [-0.2, 0) is 8.37 Å². The third-order valence-corrected chi connectivity index (χ3v) is 5.37. The highest BCUT2D eigenvalue weighted by Gasteiger charge is 2.35. The van der Waals surface area contributed by atoms with Gasteiger partial charge in [-0.25, -0.2) is 8.37 Å². The Morgan fingerprint density at radius 2 is 1.33 bits per heavy atom. The summed E-state index contributed by atoms with van der Waals surface area (Å²) in [5.74, 6) is 0. The molecule has 1 saturated heterocycles. The fourth-order valence-electron chi connectivity index (χ4n) is 1.92. The summed E-state index contributed by atoms with van der Waals surface area (Å²) in [7, 11) is -1.86. The van der Waals surface area contributed by atoms with Crippen LogP contribution >= 0.6 is 10.6 Å². The lowest BCUT2D eigenvalue weighted by Gasteiger charge is -2.50. The van der Waals surface area contributed by atoms with E-state index in [2.05, 4.69) is 0 Å². The van der Waals surface area contributed by atoms with E-state index in [1.54, 1.807) is 0 Å². The first-order valence-electron chi connectivity index (χ1n) is 5.54. The highest BCUT2D eigenvalue weighted by Crippen LogP contribution is 2.69. The highest BCUT2D eigenvalue weighted by molar-refractivity contribution is 8.26. The van der Waals surface area contributed by atoms with Crippen LogP contribution in [0.2, 0.25) is 0 Å². The summed E-state index contributed by atoms with van der Waals surface area (Å²) in [5, 5.41) is 0. The van der Waals surface area contributed by atoms with Crippen LogP contribution in [0.5, 0.6) is 0 Å². The Hall–Kier alpha value is -1.69. The van der Waals surface area contributed by atoms with Crippen molar-refractivity contribution in [1.29, 1.82) is 0 Å². The third-order valence-electron chi connectivity index (χ3n) is 2.76. The van der Waals surface area contributed by atoms with Gasteiger partial charge < -0.3 is 11.5 Å². The average molecular weight is 262 g/mol. The van der Waals surface area contributed by atoms with Crippen LogP contribution in [-0.4, -0.2) is 6.79 Å². The summed E-state index contributed by atoms with van der Waals surface area (Å²) in [6.07, 6.45) is 0. The molecule has 2 aromatic carbocycles. The Balaban J connectivity index is 2.10. The lowest BCUT2D eigenvalue weighted by atomic mass is 10.3. The van der Waals surface area contributed by atoms with Crippen molar-refractivity contribution in [3.63, 3.8) is 0 Å². The number of anilines is 2. The lowest BCUT2D eigenvalue weighted by Crippen LogP contribution is -2.22. The van der Waals surface area contributed by atoms with E-state index >= 15 is 0 Å². The van der Waals surface area contributed by atoms with Gasteiger partial charge in [0.2, 0.25) is 0 Å². The van der Waals surface area contributed by atoms with E-state index in [-0.39, 0.29) is 0 Å². The van der Waals surface area contributed by atoms with Gasteiger partial charge in [-0.2, -0.15) is 0 Å². The third kappa shape index (κ3) is 1.73. The second-order valence-corrected chi connectivity index (χ2v) is 6.42. The quantitative estimate of drug-likeness (QED) is 0.816. The first-order valence-corrected chi connectivity index (χ1v) is 7.02. The standard InChI is InChI=1S/C13H14N2O2S/c14-10-3-1-5-12(7-10)18(16-9-17-18)13-6-2-4-11(15)8-13/h1-8H,9,14-15H2. The molecule has 5 heteroatoms. The van der Waals surface area contributed by atoms with Gasteiger partial charge in [-0.05, 0) is 36.4 Å². The molecule has 94 valence electrons. The summed E-state index contributed by atoms with van der Waals surface area (Å²) >= 11 is 0. The molecule has 3 rings (SSSR count). The number of hydrogen-bond acceptors (Lipinski definition) is 4. The van der Waals surface area contributed by atoms with Gasteiger partial charge >= 0.3 is 0 Å². The van der Waals surface area contributed by atoms with Gasteiger partial charge in [0, 0.05) is 11.4 Å². The van der Waals surface area contributed by atoms with E-state index in [0.717, 1.165) is 9.79 Å². The van der Waals surface area contributed by atoms with Gasteiger partial charge in [-0.1, -0.05) is 12.1 Å². The summed E-state index contributed by atoms with van der Waals surface area (Å²) < 4.78 is 11.5. The maximum atomic E-state index is 5.82. The first kappa shape index (κ1) is 11.4. The zero-order chi connectivity index (χ0) is 12.6. The van der Waals surface area contributed by atoms with Crippen molar-refractivity contribution in [2.45, 2.75) is 9.79 Å². The average Bonchev–Trinajstić information content (AvgIpc) is 2.28. The molecular weight excluding hydrogens is 248 g/mol. The van der Waals surface area contributed by atoms with Gasteiger partial charge in [0.15, 0.2) is 6.79 Å². The van der Waals surface area contributed by atoms with Crippen molar-refractivity contribution in [2.75, 3.05) is 18.3 Å². The topological polar surface area (TPSA) is 70.5 Å². The van der Waals surface area contributed by atoms with Crippen molar-refractivity contribution in [2.24, 2.45) is 0 Å². The highest BCUT2D eigenvalue weighted by atomic mass is 32.3. The van der Waals surface area contributed by atoms with E-state index < -0.39 is 10.6 Å². The molecule has 0 radical (unpaired) electrons. The largest absolute Gasteiger partial charge is 0.399 e. The molecule has 0 bridgehead atoms. The molecule has 0 amide bonds. The van der Waals surface area contributed by atoms with Crippen LogP contribution in [0.25, 0.3) is 0 Å². The zero-order valence-electron chi connectivity index (χ0n) is 9.71. The predicted molar refractivity (Wildman–Crippen MR) is 72.9 cm³/mol. The van der Waals surface area contributed by atoms with E-state index in [0.29, 0.717) is 18.2 Å². The number of hydrogen-bond donors (Lipinski definition) is 2. The molecule has 1 fully saturated rings. The minimum atomic E-state index is -1.86. The molecule has 0 unspecified atom stereocenters. The van der Waals surface area contributed by atoms with Gasteiger partial charge in [0.1, 0.15) is 0 Å². The second-order valence-electron chi connectivity index (χ2n) is 4.00. The van der Waals surface area contributed by atoms with Crippen LogP contribution in [0.15, 0.2) is 58.3 Å². The maximum absolute atomic E-state index is 5.82. The Morgan fingerprint density at radius 3 is 1.67 bits per heavy atom. The SMILES string of the molecule is Nc1cccc(S2(c3cccc(N)c3)OCO2)c1. The summed E-state index contributed by atoms with van der Waals surface area (Å²) in [6, 6.07) is 15.2. The minimum absolute atomic E-state index is 0.304. The molecule has 1 aliphatic rings. The van der Waals surface area contributed by atoms with Gasteiger partial charge in [-0.3, -0.25) is 0 Å². The molecule has 1 aliphatic heterocycles. The monoisotopic (exact) mass is 262 g/mol. The summed E-state index contributed by atoms with van der Waals surface area (Å²) in [5.41, 5.74) is 13.0. The molecule has 4 nitrogen and oxygen atoms in total. The van der Waals surface area contributed by atoms with Crippen LogP contribution in [0.3, 0.4) is 0 Å². The Morgan fingerprint density at radius 1 is 0.833 bits per heavy atom. The molecule has 2 aromatic rings. The molecule has 0 aromatic heterocycles. The van der Waals surface area contributed by atoms with Crippen molar-refractivity contribution in [1.82, 2.24) is 0 Å². The predicted octanol–water partition coefficient (Wildman–Crippen LogP) is 2.91. The van der Waals surface area contributed by atoms with Crippen molar-refractivity contribution < 1.29 is 8.37 Å². The molecule has 0 atom stereocenters. The van der Waals surface area contributed by atoms with Crippen LogP contribution in [0.4, 0.5) is 11.4 Å². The second kappa shape index (κ2) is 4.20. The molecule has 18 heavy (non-hydrogen) atoms. The van der Waals surface area contributed by atoms with E-state index in [9.17, 15) is 0 Å². The van der Waals surface area contributed by atoms with Crippen molar-refractivity contribution in [3.05, 3.63) is 48.5 Å². The number of rotatable bonds is 2. The fourth-order valence-corrected chi connectivity index (χ4v) is 4.12. The van der Waals surface area contributed by atoms with E-state index in [1.807, 2.05) is 48.5 Å². The van der Waals surface area contributed by atoms with Crippen LogP contribution < -0.4 is 11.5 Å². The molecule has 0 spiro atoms. The lowest BCUT2D eigenvalue weighted by molar-refractivity contribution is 0.0461. The van der Waals surface area contributed by atoms with Gasteiger partial charge in [0.05, 0.1) is 9.79 Å². The zero-order valence-corrected chi connectivity index (χ0v) is 10.5. The smallest absolute Gasteiger partial charge is 0.195 e. The fraction of sp³-hybridized carbons (Fsp3) is 0.0769. The molecule has 1 heterocycles. The Labute approximate surface area is 107 Å².